The first-order chi connectivity index (χ1) is 7.69. The Morgan fingerprint density at radius 3 is 2.59 bits per heavy atom. The minimum absolute atomic E-state index is 0.0586. The van der Waals surface area contributed by atoms with Gasteiger partial charge in [-0.15, -0.1) is 0 Å². The molecule has 4 nitrogen and oxygen atoms in total. The van der Waals surface area contributed by atoms with E-state index >= 15 is 0 Å². The molecule has 0 aromatic carbocycles. The maximum Gasteiger partial charge on any atom is 0.411 e. The van der Waals surface area contributed by atoms with Gasteiger partial charge in [0.2, 0.25) is 0 Å². The molecule has 0 aliphatic carbocycles. The lowest BCUT2D eigenvalue weighted by atomic mass is 9.87. The van der Waals surface area contributed by atoms with Crippen molar-refractivity contribution in [3.05, 3.63) is 0 Å². The molecule has 0 aromatic rings. The molecule has 1 saturated heterocycles. The lowest BCUT2D eigenvalue weighted by Gasteiger charge is -2.44. The molecule has 17 heavy (non-hydrogen) atoms. The summed E-state index contributed by atoms with van der Waals surface area (Å²) in [4.78, 5) is 13.8. The van der Waals surface area contributed by atoms with Crippen LogP contribution in [0, 0.1) is 11.3 Å². The highest BCUT2D eigenvalue weighted by molar-refractivity contribution is 5.70. The Bertz CT molecular complexity index is 340. The van der Waals surface area contributed by atoms with E-state index < -0.39 is 11.1 Å². The minimum Gasteiger partial charge on any atom is -0.444 e. The smallest absolute Gasteiger partial charge is 0.411 e. The van der Waals surface area contributed by atoms with Gasteiger partial charge in [-0.1, -0.05) is 0 Å². The molecule has 0 N–H and O–H groups in total. The first-order valence-electron chi connectivity index (χ1n) is 6.13. The van der Waals surface area contributed by atoms with E-state index in [-0.39, 0.29) is 12.1 Å². The highest BCUT2D eigenvalue weighted by atomic mass is 16.6. The molecule has 0 saturated carbocycles. The van der Waals surface area contributed by atoms with Gasteiger partial charge in [-0.2, -0.15) is 5.26 Å². The van der Waals surface area contributed by atoms with Gasteiger partial charge in [-0.25, -0.2) is 4.79 Å². The molecule has 1 aliphatic heterocycles. The molecule has 4 heteroatoms. The second-order valence-electron chi connectivity index (χ2n) is 5.98. The SMILES string of the molecule is C[C@@H]1CCC[C@](C)(C#N)N1C(=O)OC(C)(C)C. The van der Waals surface area contributed by atoms with Crippen LogP contribution in [-0.2, 0) is 4.74 Å². The van der Waals surface area contributed by atoms with Crippen LogP contribution in [0.25, 0.3) is 0 Å². The van der Waals surface area contributed by atoms with Crippen molar-refractivity contribution in [3.8, 4) is 6.07 Å². The zero-order chi connectivity index (χ0) is 13.3. The van der Waals surface area contributed by atoms with Gasteiger partial charge in [0.05, 0.1) is 6.07 Å². The number of ether oxygens (including phenoxy) is 1. The van der Waals surface area contributed by atoms with E-state index in [1.54, 1.807) is 4.90 Å². The summed E-state index contributed by atoms with van der Waals surface area (Å²) in [5.41, 5.74) is -1.26. The molecule has 1 fully saturated rings. The number of hydrogen-bond acceptors (Lipinski definition) is 3. The maximum absolute atomic E-state index is 12.2. The molecule has 1 aliphatic rings. The van der Waals surface area contributed by atoms with Crippen LogP contribution < -0.4 is 0 Å². The lowest BCUT2D eigenvalue weighted by Crippen LogP contribution is -2.57. The maximum atomic E-state index is 12.2. The van der Waals surface area contributed by atoms with E-state index in [1.807, 2.05) is 34.6 Å². The number of likely N-dealkylation sites (tertiary alicyclic amines) is 1. The topological polar surface area (TPSA) is 53.3 Å². The van der Waals surface area contributed by atoms with Crippen molar-refractivity contribution in [2.24, 2.45) is 0 Å². The fourth-order valence-electron chi connectivity index (χ4n) is 2.28. The predicted octanol–water partition coefficient (Wildman–Crippen LogP) is 3.08. The number of nitrogens with zero attached hydrogens (tertiary/aromatic N) is 2. The monoisotopic (exact) mass is 238 g/mol. The number of carbonyl (C=O) groups excluding carboxylic acids is 1. The van der Waals surface area contributed by atoms with Crippen molar-refractivity contribution in [2.45, 2.75) is 71.1 Å². The van der Waals surface area contributed by atoms with Crippen LogP contribution in [-0.4, -0.2) is 28.2 Å². The third-order valence-electron chi connectivity index (χ3n) is 3.09. The summed E-state index contributed by atoms with van der Waals surface area (Å²) in [6.07, 6.45) is 2.24. The second kappa shape index (κ2) is 4.56. The Morgan fingerprint density at radius 1 is 1.53 bits per heavy atom. The number of nitriles is 1. The second-order valence-corrected chi connectivity index (χ2v) is 5.98. The fourth-order valence-corrected chi connectivity index (χ4v) is 2.28. The van der Waals surface area contributed by atoms with Gasteiger partial charge in [0.1, 0.15) is 11.1 Å². The molecule has 96 valence electrons. The Balaban J connectivity index is 2.91. The number of hydrogen-bond donors (Lipinski definition) is 0. The predicted molar refractivity (Wildman–Crippen MR) is 65.4 cm³/mol. The van der Waals surface area contributed by atoms with Crippen LogP contribution in [0.15, 0.2) is 0 Å². The highest BCUT2D eigenvalue weighted by Crippen LogP contribution is 2.32. The normalized spacial score (nSPS) is 29.6. The van der Waals surface area contributed by atoms with Gasteiger partial charge >= 0.3 is 6.09 Å². The van der Waals surface area contributed by atoms with Gasteiger partial charge < -0.3 is 4.74 Å². The molecule has 1 heterocycles. The Kier molecular flexibility index (Phi) is 3.71. The zero-order valence-electron chi connectivity index (χ0n) is 11.4. The van der Waals surface area contributed by atoms with Crippen LogP contribution in [0.1, 0.15) is 53.9 Å². The van der Waals surface area contributed by atoms with Crippen LogP contribution >= 0.6 is 0 Å². The third kappa shape index (κ3) is 3.12. The van der Waals surface area contributed by atoms with E-state index in [0.29, 0.717) is 6.42 Å². The van der Waals surface area contributed by atoms with Gasteiger partial charge in [0.15, 0.2) is 0 Å². The molecule has 0 spiro atoms. The largest absolute Gasteiger partial charge is 0.444 e. The minimum atomic E-state index is -0.736. The summed E-state index contributed by atoms with van der Waals surface area (Å²) >= 11 is 0. The first kappa shape index (κ1) is 13.8. The average Bonchev–Trinajstić information content (AvgIpc) is 2.14. The zero-order valence-corrected chi connectivity index (χ0v) is 11.4. The number of piperidine rings is 1. The standard InChI is InChI=1S/C13H22N2O2/c1-10-7-6-8-13(5,9-14)15(10)11(16)17-12(2,3)4/h10H,6-8H2,1-5H3/t10-,13-/m1/s1. The lowest BCUT2D eigenvalue weighted by molar-refractivity contribution is -0.0136. The van der Waals surface area contributed by atoms with Crippen molar-refractivity contribution >= 4 is 6.09 Å². The van der Waals surface area contributed by atoms with Crippen LogP contribution in [0.3, 0.4) is 0 Å². The van der Waals surface area contributed by atoms with Crippen molar-refractivity contribution in [1.29, 1.82) is 5.26 Å². The summed E-state index contributed by atoms with van der Waals surface area (Å²) < 4.78 is 5.38. The summed E-state index contributed by atoms with van der Waals surface area (Å²) in [7, 11) is 0. The fraction of sp³-hybridized carbons (Fsp3) is 0.846. The van der Waals surface area contributed by atoms with Crippen molar-refractivity contribution < 1.29 is 9.53 Å². The number of rotatable bonds is 0. The van der Waals surface area contributed by atoms with Crippen LogP contribution in [0.5, 0.6) is 0 Å². The molecular formula is C13H22N2O2. The summed E-state index contributed by atoms with van der Waals surface area (Å²) in [5.74, 6) is 0. The van der Waals surface area contributed by atoms with Crippen LogP contribution in [0.4, 0.5) is 4.79 Å². The van der Waals surface area contributed by atoms with Gasteiger partial charge in [0, 0.05) is 6.04 Å². The molecule has 1 rings (SSSR count). The van der Waals surface area contributed by atoms with E-state index in [4.69, 9.17) is 4.74 Å². The molecule has 0 bridgehead atoms. The molecule has 0 aromatic heterocycles. The summed E-state index contributed by atoms with van der Waals surface area (Å²) in [5, 5.41) is 9.29. The Labute approximate surface area is 104 Å². The molecular weight excluding hydrogens is 216 g/mol. The van der Waals surface area contributed by atoms with E-state index in [1.165, 1.54) is 0 Å². The quantitative estimate of drug-likeness (QED) is 0.651. The Hall–Kier alpha value is -1.24. The van der Waals surface area contributed by atoms with E-state index in [0.717, 1.165) is 12.8 Å². The summed E-state index contributed by atoms with van der Waals surface area (Å²) in [6, 6.07) is 2.31. The third-order valence-corrected chi connectivity index (χ3v) is 3.09. The highest BCUT2D eigenvalue weighted by Gasteiger charge is 2.43. The summed E-state index contributed by atoms with van der Waals surface area (Å²) in [6.45, 7) is 9.29. The molecule has 1 amide bonds. The van der Waals surface area contributed by atoms with Gasteiger partial charge in [-0.05, 0) is 53.9 Å². The molecule has 0 radical (unpaired) electrons. The average molecular weight is 238 g/mol. The van der Waals surface area contributed by atoms with Gasteiger partial charge in [-0.3, -0.25) is 4.90 Å². The van der Waals surface area contributed by atoms with Crippen LogP contribution in [0.2, 0.25) is 0 Å². The molecule has 0 unspecified atom stereocenters. The van der Waals surface area contributed by atoms with E-state index in [9.17, 15) is 10.1 Å². The van der Waals surface area contributed by atoms with Crippen molar-refractivity contribution in [1.82, 2.24) is 4.90 Å². The molecule has 2 atom stereocenters. The van der Waals surface area contributed by atoms with Crippen molar-refractivity contribution in [3.63, 3.8) is 0 Å². The Morgan fingerprint density at radius 2 is 2.12 bits per heavy atom. The van der Waals surface area contributed by atoms with Gasteiger partial charge in [0.25, 0.3) is 0 Å². The first-order valence-corrected chi connectivity index (χ1v) is 6.13. The number of carbonyl (C=O) groups is 1. The van der Waals surface area contributed by atoms with E-state index in [2.05, 4.69) is 6.07 Å². The number of amides is 1. The van der Waals surface area contributed by atoms with Crippen molar-refractivity contribution in [2.75, 3.05) is 0 Å².